The maximum Gasteiger partial charge on any atom is 0.272 e. The Balaban J connectivity index is 1.94. The fourth-order valence-corrected chi connectivity index (χ4v) is 4.67. The van der Waals surface area contributed by atoms with Gasteiger partial charge < -0.3 is 14.8 Å². The summed E-state index contributed by atoms with van der Waals surface area (Å²) in [6.45, 7) is 1.31. The van der Waals surface area contributed by atoms with Crippen LogP contribution in [0.3, 0.4) is 0 Å². The Bertz CT molecular complexity index is 948. The van der Waals surface area contributed by atoms with Crippen LogP contribution < -0.4 is 25.6 Å². The fraction of sp³-hybridized carbons (Fsp3) is 0.381. The first kappa shape index (κ1) is 21.6. The van der Waals surface area contributed by atoms with E-state index in [2.05, 4.69) is 16.2 Å². The van der Waals surface area contributed by atoms with E-state index < -0.39 is 5.91 Å². The first-order valence-corrected chi connectivity index (χ1v) is 10.5. The first-order valence-electron chi connectivity index (χ1n) is 9.68. The number of methoxy groups -OCH3 is 2. The van der Waals surface area contributed by atoms with Gasteiger partial charge in [-0.05, 0) is 43.4 Å². The van der Waals surface area contributed by atoms with Crippen molar-refractivity contribution in [3.63, 3.8) is 0 Å². The molecular weight excluding hydrogens is 406 g/mol. The van der Waals surface area contributed by atoms with Gasteiger partial charge in [-0.15, -0.1) is 11.3 Å². The number of ether oxygens (including phenoxy) is 2. The van der Waals surface area contributed by atoms with E-state index in [0.29, 0.717) is 27.6 Å². The highest BCUT2D eigenvalue weighted by Gasteiger charge is 2.26. The lowest BCUT2D eigenvalue weighted by atomic mass is 10.0. The Morgan fingerprint density at radius 3 is 2.20 bits per heavy atom. The Morgan fingerprint density at radius 1 is 0.900 bits per heavy atom. The van der Waals surface area contributed by atoms with Crippen molar-refractivity contribution in [2.75, 3.05) is 19.5 Å². The summed E-state index contributed by atoms with van der Waals surface area (Å²) in [5.41, 5.74) is 6.45. The molecule has 0 saturated carbocycles. The van der Waals surface area contributed by atoms with Crippen LogP contribution in [-0.2, 0) is 17.6 Å². The van der Waals surface area contributed by atoms with Crippen molar-refractivity contribution in [3.8, 4) is 11.5 Å². The number of fused-ring (bicyclic) bond motifs is 1. The highest BCUT2D eigenvalue weighted by Crippen LogP contribution is 2.38. The van der Waals surface area contributed by atoms with Crippen molar-refractivity contribution in [2.45, 2.75) is 39.0 Å². The van der Waals surface area contributed by atoms with E-state index in [4.69, 9.17) is 9.47 Å². The second-order valence-corrected chi connectivity index (χ2v) is 8.06. The number of hydrogen-bond donors (Lipinski definition) is 3. The van der Waals surface area contributed by atoms with Gasteiger partial charge in [0.2, 0.25) is 5.91 Å². The fourth-order valence-electron chi connectivity index (χ4n) is 3.39. The molecule has 0 atom stereocenters. The van der Waals surface area contributed by atoms with Gasteiger partial charge in [0.1, 0.15) is 16.5 Å². The molecule has 0 bridgehead atoms. The molecular formula is C21H25N3O5S. The molecule has 3 N–H and O–H groups in total. The van der Waals surface area contributed by atoms with Crippen LogP contribution >= 0.6 is 11.3 Å². The zero-order valence-electron chi connectivity index (χ0n) is 17.2. The third-order valence-corrected chi connectivity index (χ3v) is 6.05. The molecule has 0 aliphatic heterocycles. The van der Waals surface area contributed by atoms with Gasteiger partial charge in [-0.25, -0.2) is 0 Å². The minimum absolute atomic E-state index is 0.350. The van der Waals surface area contributed by atoms with Gasteiger partial charge in [0.15, 0.2) is 0 Å². The Hall–Kier alpha value is -3.07. The van der Waals surface area contributed by atoms with Crippen molar-refractivity contribution in [2.24, 2.45) is 0 Å². The number of nitrogens with one attached hydrogen (secondary N) is 3. The Kier molecular flexibility index (Phi) is 6.94. The summed E-state index contributed by atoms with van der Waals surface area (Å²) >= 11 is 1.41. The summed E-state index contributed by atoms with van der Waals surface area (Å²) in [6.07, 6.45) is 4.74. The van der Waals surface area contributed by atoms with Crippen LogP contribution in [0.5, 0.6) is 11.5 Å². The molecule has 0 radical (unpaired) electrons. The number of amides is 3. The van der Waals surface area contributed by atoms with Crippen molar-refractivity contribution < 1.29 is 23.9 Å². The zero-order valence-corrected chi connectivity index (χ0v) is 18.0. The summed E-state index contributed by atoms with van der Waals surface area (Å²) in [7, 11) is 3.02. The molecule has 3 rings (SSSR count). The van der Waals surface area contributed by atoms with Crippen LogP contribution in [0.15, 0.2) is 18.2 Å². The maximum atomic E-state index is 13.0. The lowest BCUT2D eigenvalue weighted by molar-refractivity contribution is -0.119. The van der Waals surface area contributed by atoms with Crippen LogP contribution in [-0.4, -0.2) is 31.9 Å². The molecule has 9 heteroatoms. The summed E-state index contributed by atoms with van der Waals surface area (Å²) in [5.74, 6) is -0.214. The van der Waals surface area contributed by atoms with E-state index in [1.54, 1.807) is 18.2 Å². The van der Waals surface area contributed by atoms with E-state index in [9.17, 15) is 14.4 Å². The average molecular weight is 432 g/mol. The highest BCUT2D eigenvalue weighted by molar-refractivity contribution is 7.17. The third-order valence-electron chi connectivity index (χ3n) is 4.84. The van der Waals surface area contributed by atoms with E-state index in [-0.39, 0.29) is 11.8 Å². The van der Waals surface area contributed by atoms with Crippen LogP contribution in [0, 0.1) is 0 Å². The maximum absolute atomic E-state index is 13.0. The van der Waals surface area contributed by atoms with Crippen LogP contribution in [0.4, 0.5) is 5.00 Å². The number of hydrogen-bond acceptors (Lipinski definition) is 6. The van der Waals surface area contributed by atoms with E-state index in [1.165, 1.54) is 32.5 Å². The number of thiophene rings is 1. The number of rotatable bonds is 5. The molecule has 1 aromatic heterocycles. The molecule has 0 fully saturated rings. The van der Waals surface area contributed by atoms with Crippen LogP contribution in [0.25, 0.3) is 0 Å². The smallest absolute Gasteiger partial charge is 0.272 e. The standard InChI is InChI=1S/C21H25N3O5S/c1-12(25)23-24-20(27)18-16-7-5-4-6-8-17(16)30-21(18)22-19(26)13-9-14(28-2)11-15(10-13)29-3/h9-11H,4-8H2,1-3H3,(H,22,26)(H,23,25)(H,24,27). The van der Waals surface area contributed by atoms with Crippen molar-refractivity contribution in [1.82, 2.24) is 10.9 Å². The monoisotopic (exact) mass is 431 g/mol. The molecule has 0 unspecified atom stereocenters. The van der Waals surface area contributed by atoms with Crippen LogP contribution in [0.2, 0.25) is 0 Å². The summed E-state index contributed by atoms with van der Waals surface area (Å²) in [6, 6.07) is 4.89. The number of anilines is 1. The minimum atomic E-state index is -0.442. The van der Waals surface area contributed by atoms with Gasteiger partial charge in [0, 0.05) is 23.4 Å². The molecule has 0 spiro atoms. The normalized spacial score (nSPS) is 12.9. The molecule has 3 amide bonds. The second kappa shape index (κ2) is 9.62. The van der Waals surface area contributed by atoms with E-state index in [0.717, 1.165) is 42.5 Å². The average Bonchev–Trinajstić information content (AvgIpc) is 2.91. The number of carbonyl (C=O) groups excluding carboxylic acids is 3. The predicted molar refractivity (Wildman–Crippen MR) is 114 cm³/mol. The lowest BCUT2D eigenvalue weighted by Crippen LogP contribution is -2.40. The number of benzene rings is 1. The van der Waals surface area contributed by atoms with E-state index >= 15 is 0 Å². The largest absolute Gasteiger partial charge is 0.497 e. The molecule has 1 aliphatic rings. The molecule has 1 aliphatic carbocycles. The van der Waals surface area contributed by atoms with Gasteiger partial charge in [0.05, 0.1) is 19.8 Å². The number of aryl methyl sites for hydroxylation is 1. The van der Waals surface area contributed by atoms with Gasteiger partial charge in [0.25, 0.3) is 11.8 Å². The SMILES string of the molecule is COc1cc(OC)cc(C(=O)Nc2sc3c(c2C(=O)NNC(C)=O)CCCCC3)c1. The summed E-state index contributed by atoms with van der Waals surface area (Å²) < 4.78 is 10.5. The molecule has 0 saturated heterocycles. The summed E-state index contributed by atoms with van der Waals surface area (Å²) in [5, 5.41) is 3.34. The molecule has 8 nitrogen and oxygen atoms in total. The van der Waals surface area contributed by atoms with Gasteiger partial charge in [-0.3, -0.25) is 25.2 Å². The highest BCUT2D eigenvalue weighted by atomic mass is 32.1. The van der Waals surface area contributed by atoms with Crippen molar-refractivity contribution >= 4 is 34.1 Å². The lowest BCUT2D eigenvalue weighted by Gasteiger charge is -2.11. The molecule has 2 aromatic rings. The van der Waals surface area contributed by atoms with Crippen LogP contribution in [0.1, 0.15) is 57.3 Å². The molecule has 1 heterocycles. The number of carbonyl (C=O) groups is 3. The number of hydrazine groups is 1. The topological polar surface area (TPSA) is 106 Å². The van der Waals surface area contributed by atoms with E-state index in [1.807, 2.05) is 0 Å². The predicted octanol–water partition coefficient (Wildman–Crippen LogP) is 3.07. The van der Waals surface area contributed by atoms with Gasteiger partial charge >= 0.3 is 0 Å². The van der Waals surface area contributed by atoms with Crippen molar-refractivity contribution in [3.05, 3.63) is 39.8 Å². The van der Waals surface area contributed by atoms with Crippen molar-refractivity contribution in [1.29, 1.82) is 0 Å². The third kappa shape index (κ3) is 4.91. The molecule has 160 valence electrons. The summed E-state index contributed by atoms with van der Waals surface area (Å²) in [4.78, 5) is 38.1. The minimum Gasteiger partial charge on any atom is -0.497 e. The first-order chi connectivity index (χ1) is 14.4. The van der Waals surface area contributed by atoms with Gasteiger partial charge in [-0.1, -0.05) is 6.42 Å². The second-order valence-electron chi connectivity index (χ2n) is 6.96. The quantitative estimate of drug-likeness (QED) is 0.498. The molecule has 30 heavy (non-hydrogen) atoms. The molecule has 1 aromatic carbocycles. The zero-order chi connectivity index (χ0) is 21.7. The van der Waals surface area contributed by atoms with Gasteiger partial charge in [-0.2, -0.15) is 0 Å². The Morgan fingerprint density at radius 2 is 1.57 bits per heavy atom. The Labute approximate surface area is 178 Å².